The minimum atomic E-state index is 0. The van der Waals surface area contributed by atoms with Crippen LogP contribution in [0.25, 0.3) is 0 Å². The molecule has 0 unspecified atom stereocenters. The van der Waals surface area contributed by atoms with Crippen LogP contribution in [0.4, 0.5) is 0 Å². The van der Waals surface area contributed by atoms with E-state index in [1.54, 1.807) is 18.9 Å². The largest absolute Gasteiger partial charge is 0.496 e. The van der Waals surface area contributed by atoms with Crippen molar-refractivity contribution in [3.05, 3.63) is 17.7 Å². The van der Waals surface area contributed by atoms with Crippen LogP contribution in [0, 0.1) is 0 Å². The van der Waals surface area contributed by atoms with E-state index >= 15 is 0 Å². The van der Waals surface area contributed by atoms with Crippen molar-refractivity contribution in [3.63, 3.8) is 0 Å². The molecule has 110 valence electrons. The zero-order valence-electron chi connectivity index (χ0n) is 11.9. The van der Waals surface area contributed by atoms with Gasteiger partial charge in [-0.3, -0.25) is 0 Å². The summed E-state index contributed by atoms with van der Waals surface area (Å²) in [5.41, 5.74) is 6.76. The molecule has 0 atom stereocenters. The first-order valence-corrected chi connectivity index (χ1v) is 7.41. The monoisotopic (exact) mass is 305 g/mol. The smallest absolute Gasteiger partial charge is 0.132 e. The maximum absolute atomic E-state index is 5.69. The van der Waals surface area contributed by atoms with E-state index in [1.165, 1.54) is 0 Å². The highest BCUT2D eigenvalue weighted by atomic mass is 35.5. The fraction of sp³-hybridized carbons (Fsp3) is 0.571. The van der Waals surface area contributed by atoms with E-state index < -0.39 is 0 Å². The van der Waals surface area contributed by atoms with Crippen molar-refractivity contribution >= 4 is 24.2 Å². The molecular formula is C14H24ClNO2S. The van der Waals surface area contributed by atoms with Gasteiger partial charge in [-0.25, -0.2) is 0 Å². The fourth-order valence-corrected chi connectivity index (χ4v) is 2.61. The van der Waals surface area contributed by atoms with E-state index in [9.17, 15) is 0 Å². The molecule has 0 saturated heterocycles. The average molecular weight is 306 g/mol. The van der Waals surface area contributed by atoms with Crippen LogP contribution in [0.5, 0.6) is 11.5 Å². The third kappa shape index (κ3) is 5.51. The second kappa shape index (κ2) is 10.2. The third-order valence-corrected chi connectivity index (χ3v) is 3.76. The van der Waals surface area contributed by atoms with E-state index in [0.29, 0.717) is 13.2 Å². The molecule has 19 heavy (non-hydrogen) atoms. The van der Waals surface area contributed by atoms with E-state index in [0.717, 1.165) is 40.6 Å². The lowest BCUT2D eigenvalue weighted by Crippen LogP contribution is -2.06. The van der Waals surface area contributed by atoms with Crippen molar-refractivity contribution in [2.24, 2.45) is 5.73 Å². The topological polar surface area (TPSA) is 44.5 Å². The standard InChI is InChI=1S/C14H23NO2S.ClH/c1-4-8-18-14-10-12(17-5-2)11(6-7-15)9-13(14)16-3;/h9-10H,4-8,15H2,1-3H3;1H. The lowest BCUT2D eigenvalue weighted by Gasteiger charge is -2.15. The molecule has 0 saturated carbocycles. The van der Waals surface area contributed by atoms with Gasteiger partial charge in [0, 0.05) is 0 Å². The summed E-state index contributed by atoms with van der Waals surface area (Å²) in [6.07, 6.45) is 1.95. The summed E-state index contributed by atoms with van der Waals surface area (Å²) in [7, 11) is 1.71. The second-order valence-corrected chi connectivity index (χ2v) is 5.07. The second-order valence-electron chi connectivity index (χ2n) is 3.93. The van der Waals surface area contributed by atoms with Crippen molar-refractivity contribution in [1.82, 2.24) is 0 Å². The minimum Gasteiger partial charge on any atom is -0.496 e. The quantitative estimate of drug-likeness (QED) is 0.746. The molecule has 0 spiro atoms. The Morgan fingerprint density at radius 1 is 1.21 bits per heavy atom. The summed E-state index contributed by atoms with van der Waals surface area (Å²) in [5.74, 6) is 2.93. The van der Waals surface area contributed by atoms with Gasteiger partial charge in [0.15, 0.2) is 0 Å². The molecular weight excluding hydrogens is 282 g/mol. The predicted octanol–water partition coefficient (Wildman–Crippen LogP) is 3.52. The number of thioether (sulfide) groups is 1. The Labute approximate surface area is 126 Å². The molecule has 1 aromatic carbocycles. The number of hydrogen-bond acceptors (Lipinski definition) is 4. The Morgan fingerprint density at radius 3 is 2.47 bits per heavy atom. The van der Waals surface area contributed by atoms with Crippen LogP contribution in [0.2, 0.25) is 0 Å². The van der Waals surface area contributed by atoms with Crippen LogP contribution in [-0.2, 0) is 6.42 Å². The highest BCUT2D eigenvalue weighted by Crippen LogP contribution is 2.36. The first-order chi connectivity index (χ1) is 8.76. The summed E-state index contributed by atoms with van der Waals surface area (Å²) >= 11 is 1.80. The Balaban J connectivity index is 0.00000324. The Bertz CT molecular complexity index is 375. The average Bonchev–Trinajstić information content (AvgIpc) is 2.39. The normalized spacial score (nSPS) is 9.89. The molecule has 2 N–H and O–H groups in total. The molecule has 0 heterocycles. The maximum Gasteiger partial charge on any atom is 0.132 e. The van der Waals surface area contributed by atoms with Gasteiger partial charge in [0.25, 0.3) is 0 Å². The van der Waals surface area contributed by atoms with Gasteiger partial charge in [0.05, 0.1) is 18.6 Å². The van der Waals surface area contributed by atoms with E-state index in [2.05, 4.69) is 19.1 Å². The van der Waals surface area contributed by atoms with Crippen LogP contribution >= 0.6 is 24.2 Å². The van der Waals surface area contributed by atoms with Gasteiger partial charge < -0.3 is 15.2 Å². The molecule has 1 rings (SSSR count). The summed E-state index contributed by atoms with van der Waals surface area (Å²) in [4.78, 5) is 1.14. The Morgan fingerprint density at radius 2 is 1.95 bits per heavy atom. The summed E-state index contributed by atoms with van der Waals surface area (Å²) < 4.78 is 11.1. The van der Waals surface area contributed by atoms with E-state index in [-0.39, 0.29) is 12.4 Å². The van der Waals surface area contributed by atoms with Crippen molar-refractivity contribution in [1.29, 1.82) is 0 Å². The predicted molar refractivity (Wildman–Crippen MR) is 85.2 cm³/mol. The van der Waals surface area contributed by atoms with Gasteiger partial charge >= 0.3 is 0 Å². The fourth-order valence-electron chi connectivity index (χ4n) is 1.71. The molecule has 0 radical (unpaired) electrons. The molecule has 3 nitrogen and oxygen atoms in total. The molecule has 0 amide bonds. The van der Waals surface area contributed by atoms with Crippen LogP contribution in [0.1, 0.15) is 25.8 Å². The van der Waals surface area contributed by atoms with Gasteiger partial charge in [-0.2, -0.15) is 0 Å². The highest BCUT2D eigenvalue weighted by Gasteiger charge is 2.11. The van der Waals surface area contributed by atoms with Crippen LogP contribution in [-0.4, -0.2) is 26.0 Å². The van der Waals surface area contributed by atoms with Gasteiger partial charge in [-0.15, -0.1) is 24.2 Å². The van der Waals surface area contributed by atoms with Crippen LogP contribution in [0.3, 0.4) is 0 Å². The molecule has 0 aliphatic heterocycles. The molecule has 0 aliphatic carbocycles. The lowest BCUT2D eigenvalue weighted by atomic mass is 10.1. The van der Waals surface area contributed by atoms with E-state index in [4.69, 9.17) is 15.2 Å². The summed E-state index contributed by atoms with van der Waals surface area (Å²) in [6.45, 7) is 5.45. The summed E-state index contributed by atoms with van der Waals surface area (Å²) in [5, 5.41) is 0. The van der Waals surface area contributed by atoms with Gasteiger partial charge in [0.1, 0.15) is 11.5 Å². The zero-order valence-corrected chi connectivity index (χ0v) is 13.5. The Hall–Kier alpha value is -0.580. The maximum atomic E-state index is 5.69. The van der Waals surface area contributed by atoms with Crippen molar-refractivity contribution in [2.75, 3.05) is 26.0 Å². The van der Waals surface area contributed by atoms with Gasteiger partial charge in [-0.05, 0) is 49.8 Å². The molecule has 1 aromatic rings. The molecule has 0 aromatic heterocycles. The van der Waals surface area contributed by atoms with Crippen LogP contribution in [0.15, 0.2) is 17.0 Å². The number of ether oxygens (including phenoxy) is 2. The van der Waals surface area contributed by atoms with Gasteiger partial charge in [0.2, 0.25) is 0 Å². The summed E-state index contributed by atoms with van der Waals surface area (Å²) in [6, 6.07) is 4.13. The molecule has 0 fully saturated rings. The Kier molecular flexibility index (Phi) is 9.92. The van der Waals surface area contributed by atoms with Crippen molar-refractivity contribution < 1.29 is 9.47 Å². The first-order valence-electron chi connectivity index (χ1n) is 6.43. The van der Waals surface area contributed by atoms with Gasteiger partial charge in [-0.1, -0.05) is 6.92 Å². The minimum absolute atomic E-state index is 0. The number of benzene rings is 1. The van der Waals surface area contributed by atoms with Crippen LogP contribution < -0.4 is 15.2 Å². The highest BCUT2D eigenvalue weighted by molar-refractivity contribution is 7.99. The number of halogens is 1. The zero-order chi connectivity index (χ0) is 13.4. The number of methoxy groups -OCH3 is 1. The number of hydrogen-bond donors (Lipinski definition) is 1. The lowest BCUT2D eigenvalue weighted by molar-refractivity contribution is 0.333. The molecule has 5 heteroatoms. The number of rotatable bonds is 8. The molecule has 0 bridgehead atoms. The van der Waals surface area contributed by atoms with Crippen molar-refractivity contribution in [3.8, 4) is 11.5 Å². The number of nitrogens with two attached hydrogens (primary N) is 1. The molecule has 0 aliphatic rings. The first kappa shape index (κ1) is 18.4. The van der Waals surface area contributed by atoms with Crippen molar-refractivity contribution in [2.45, 2.75) is 31.6 Å². The SMILES string of the molecule is CCCSc1cc(OCC)c(CCN)cc1OC.Cl. The third-order valence-electron chi connectivity index (χ3n) is 2.52. The van der Waals surface area contributed by atoms with E-state index in [1.807, 2.05) is 6.92 Å².